The van der Waals surface area contributed by atoms with Gasteiger partial charge in [0.05, 0.1) is 22.4 Å². The molecule has 19 heavy (non-hydrogen) atoms. The van der Waals surface area contributed by atoms with Crippen molar-refractivity contribution in [2.45, 2.75) is 36.0 Å². The van der Waals surface area contributed by atoms with Crippen molar-refractivity contribution in [2.75, 3.05) is 0 Å². The van der Waals surface area contributed by atoms with Gasteiger partial charge in [0, 0.05) is 9.37 Å². The predicted molar refractivity (Wildman–Crippen MR) is 83.7 cm³/mol. The number of hydrogen-bond donors (Lipinski definition) is 1. The average molecular weight is 356 g/mol. The van der Waals surface area contributed by atoms with Gasteiger partial charge in [0.1, 0.15) is 5.01 Å². The SMILES string of the molecule is OC1CCCc2nc(CSc3cccc(Br)c3)sc21. The number of fused-ring (bicyclic) bond motifs is 1. The number of thioether (sulfide) groups is 1. The first-order valence-corrected chi connectivity index (χ1v) is 8.87. The van der Waals surface area contributed by atoms with Gasteiger partial charge in [0.15, 0.2) is 0 Å². The van der Waals surface area contributed by atoms with Crippen LogP contribution in [0.4, 0.5) is 0 Å². The molecule has 2 nitrogen and oxygen atoms in total. The Morgan fingerprint density at radius 1 is 1.47 bits per heavy atom. The number of rotatable bonds is 3. The molecule has 0 spiro atoms. The number of aryl methyl sites for hydroxylation is 1. The van der Waals surface area contributed by atoms with E-state index in [0.717, 1.165) is 45.1 Å². The van der Waals surface area contributed by atoms with E-state index in [9.17, 15) is 5.11 Å². The second-order valence-electron chi connectivity index (χ2n) is 4.57. The van der Waals surface area contributed by atoms with Crippen LogP contribution >= 0.6 is 39.0 Å². The van der Waals surface area contributed by atoms with Crippen molar-refractivity contribution < 1.29 is 5.11 Å². The Morgan fingerprint density at radius 2 is 2.37 bits per heavy atom. The molecule has 1 aliphatic carbocycles. The highest BCUT2D eigenvalue weighted by Crippen LogP contribution is 2.36. The van der Waals surface area contributed by atoms with Crippen LogP contribution in [-0.2, 0) is 12.2 Å². The van der Waals surface area contributed by atoms with E-state index in [2.05, 4.69) is 33.0 Å². The molecule has 0 radical (unpaired) electrons. The maximum Gasteiger partial charge on any atom is 0.103 e. The van der Waals surface area contributed by atoms with Crippen molar-refractivity contribution in [1.29, 1.82) is 0 Å². The molecule has 0 fully saturated rings. The summed E-state index contributed by atoms with van der Waals surface area (Å²) in [6.45, 7) is 0. The quantitative estimate of drug-likeness (QED) is 0.818. The summed E-state index contributed by atoms with van der Waals surface area (Å²) in [5.74, 6) is 0.876. The van der Waals surface area contributed by atoms with Gasteiger partial charge in [0.25, 0.3) is 0 Å². The number of hydrogen-bond acceptors (Lipinski definition) is 4. The van der Waals surface area contributed by atoms with Gasteiger partial charge in [-0.1, -0.05) is 22.0 Å². The third-order valence-electron chi connectivity index (χ3n) is 3.12. The van der Waals surface area contributed by atoms with Crippen LogP contribution < -0.4 is 0 Å². The molecule has 0 aliphatic heterocycles. The van der Waals surface area contributed by atoms with Crippen LogP contribution in [0.3, 0.4) is 0 Å². The zero-order valence-corrected chi connectivity index (χ0v) is 13.5. The third kappa shape index (κ3) is 3.21. The first kappa shape index (κ1) is 13.6. The molecule has 1 unspecified atom stereocenters. The van der Waals surface area contributed by atoms with E-state index >= 15 is 0 Å². The van der Waals surface area contributed by atoms with Gasteiger partial charge < -0.3 is 5.11 Å². The Hall–Kier alpha value is -0.360. The molecule has 1 atom stereocenters. The molecular weight excluding hydrogens is 342 g/mol. The molecule has 0 amide bonds. The number of aromatic nitrogens is 1. The van der Waals surface area contributed by atoms with Gasteiger partial charge in [-0.25, -0.2) is 4.98 Å². The molecule has 2 aromatic rings. The van der Waals surface area contributed by atoms with Crippen molar-refractivity contribution >= 4 is 39.0 Å². The fourth-order valence-electron chi connectivity index (χ4n) is 2.21. The summed E-state index contributed by atoms with van der Waals surface area (Å²) in [5.41, 5.74) is 1.12. The molecule has 5 heteroatoms. The van der Waals surface area contributed by atoms with E-state index in [1.807, 2.05) is 12.1 Å². The lowest BCUT2D eigenvalue weighted by molar-refractivity contribution is 0.160. The molecular formula is C14H14BrNOS2. The smallest absolute Gasteiger partial charge is 0.103 e. The van der Waals surface area contributed by atoms with Crippen LogP contribution in [0.5, 0.6) is 0 Å². The number of thiazole rings is 1. The molecule has 1 aromatic heterocycles. The van der Waals surface area contributed by atoms with Gasteiger partial charge in [0.2, 0.25) is 0 Å². The van der Waals surface area contributed by atoms with E-state index in [0.29, 0.717) is 0 Å². The zero-order valence-electron chi connectivity index (χ0n) is 10.3. The van der Waals surface area contributed by atoms with Crippen LogP contribution in [0.2, 0.25) is 0 Å². The standard InChI is InChI=1S/C14H14BrNOS2/c15-9-3-1-4-10(7-9)18-8-13-16-11-5-2-6-12(17)14(11)19-13/h1,3-4,7,12,17H,2,5-6,8H2. The molecule has 1 N–H and O–H groups in total. The number of aliphatic hydroxyl groups is 1. The van der Waals surface area contributed by atoms with E-state index in [-0.39, 0.29) is 6.10 Å². The summed E-state index contributed by atoms with van der Waals surface area (Å²) >= 11 is 6.95. The van der Waals surface area contributed by atoms with Crippen LogP contribution in [0.25, 0.3) is 0 Å². The summed E-state index contributed by atoms with van der Waals surface area (Å²) < 4.78 is 1.10. The summed E-state index contributed by atoms with van der Waals surface area (Å²) in [6, 6.07) is 8.30. The molecule has 0 saturated carbocycles. The number of halogens is 1. The normalized spacial score (nSPS) is 18.3. The molecule has 100 valence electrons. The minimum Gasteiger partial charge on any atom is -0.388 e. The van der Waals surface area contributed by atoms with E-state index in [1.165, 1.54) is 4.90 Å². The predicted octanol–water partition coefficient (Wildman–Crippen LogP) is 4.57. The Kier molecular flexibility index (Phi) is 4.27. The number of benzene rings is 1. The van der Waals surface area contributed by atoms with E-state index < -0.39 is 0 Å². The summed E-state index contributed by atoms with van der Waals surface area (Å²) in [6.07, 6.45) is 2.67. The third-order valence-corrected chi connectivity index (χ3v) is 6.00. The van der Waals surface area contributed by atoms with E-state index in [1.54, 1.807) is 23.1 Å². The Morgan fingerprint density at radius 3 is 3.16 bits per heavy atom. The first-order valence-electron chi connectivity index (χ1n) is 6.27. The van der Waals surface area contributed by atoms with Crippen molar-refractivity contribution in [1.82, 2.24) is 4.98 Å². The Bertz CT molecular complexity index is 585. The van der Waals surface area contributed by atoms with Crippen LogP contribution in [0.15, 0.2) is 33.6 Å². The van der Waals surface area contributed by atoms with Crippen molar-refractivity contribution in [2.24, 2.45) is 0 Å². The van der Waals surface area contributed by atoms with E-state index in [4.69, 9.17) is 0 Å². The van der Waals surface area contributed by atoms with Gasteiger partial charge in [-0.05, 0) is 37.5 Å². The highest BCUT2D eigenvalue weighted by atomic mass is 79.9. The van der Waals surface area contributed by atoms with Gasteiger partial charge in [-0.3, -0.25) is 0 Å². The molecule has 0 bridgehead atoms. The molecule has 1 aromatic carbocycles. The van der Waals surface area contributed by atoms with Crippen molar-refractivity contribution in [3.63, 3.8) is 0 Å². The lowest BCUT2D eigenvalue weighted by Crippen LogP contribution is -2.06. The van der Waals surface area contributed by atoms with Crippen LogP contribution in [-0.4, -0.2) is 10.1 Å². The van der Waals surface area contributed by atoms with Crippen molar-refractivity contribution in [3.8, 4) is 0 Å². The monoisotopic (exact) mass is 355 g/mol. The van der Waals surface area contributed by atoms with Crippen LogP contribution in [0.1, 0.15) is 34.5 Å². The summed E-state index contributed by atoms with van der Waals surface area (Å²) in [4.78, 5) is 7.00. The highest BCUT2D eigenvalue weighted by Gasteiger charge is 2.22. The second kappa shape index (κ2) is 5.95. The van der Waals surface area contributed by atoms with Gasteiger partial charge >= 0.3 is 0 Å². The fraction of sp³-hybridized carbons (Fsp3) is 0.357. The highest BCUT2D eigenvalue weighted by molar-refractivity contribution is 9.10. The molecule has 3 rings (SSSR count). The number of nitrogens with zero attached hydrogens (tertiary/aromatic N) is 1. The Balaban J connectivity index is 1.71. The summed E-state index contributed by atoms with van der Waals surface area (Å²) in [5, 5.41) is 11.1. The minimum atomic E-state index is -0.286. The zero-order chi connectivity index (χ0) is 13.2. The number of aliphatic hydroxyl groups excluding tert-OH is 1. The maximum absolute atomic E-state index is 9.95. The molecule has 0 saturated heterocycles. The van der Waals surface area contributed by atoms with Gasteiger partial charge in [-0.15, -0.1) is 23.1 Å². The minimum absolute atomic E-state index is 0.286. The summed E-state index contributed by atoms with van der Waals surface area (Å²) in [7, 11) is 0. The first-order chi connectivity index (χ1) is 9.22. The fourth-order valence-corrected chi connectivity index (χ4v) is 4.84. The Labute approximate surface area is 129 Å². The molecule has 1 aliphatic rings. The molecule has 1 heterocycles. The average Bonchev–Trinajstić information content (AvgIpc) is 2.81. The van der Waals surface area contributed by atoms with Gasteiger partial charge in [-0.2, -0.15) is 0 Å². The van der Waals surface area contributed by atoms with Crippen LogP contribution in [0, 0.1) is 0 Å². The second-order valence-corrected chi connectivity index (χ2v) is 7.65. The van der Waals surface area contributed by atoms with Crippen molar-refractivity contribution in [3.05, 3.63) is 44.3 Å². The lowest BCUT2D eigenvalue weighted by Gasteiger charge is -2.14. The topological polar surface area (TPSA) is 33.1 Å². The lowest BCUT2D eigenvalue weighted by atomic mass is 10.0. The maximum atomic E-state index is 9.95. The largest absolute Gasteiger partial charge is 0.388 e.